The first-order chi connectivity index (χ1) is 18.6. The molecule has 38 heavy (non-hydrogen) atoms. The molecule has 6 heteroatoms. The minimum Gasteiger partial charge on any atom is -0.449 e. The summed E-state index contributed by atoms with van der Waals surface area (Å²) in [5.41, 5.74) is 3.07. The van der Waals surface area contributed by atoms with E-state index in [2.05, 4.69) is 10.3 Å². The second-order valence-electron chi connectivity index (χ2n) is 9.05. The van der Waals surface area contributed by atoms with E-state index in [0.717, 1.165) is 21.7 Å². The van der Waals surface area contributed by atoms with E-state index in [-0.39, 0.29) is 5.91 Å². The van der Waals surface area contributed by atoms with Gasteiger partial charge in [-0.15, -0.1) is 0 Å². The van der Waals surface area contributed by atoms with E-state index in [1.54, 1.807) is 12.1 Å². The number of benzene rings is 5. The van der Waals surface area contributed by atoms with Crippen molar-refractivity contribution < 1.29 is 18.7 Å². The SMILES string of the molecule is CCC(OC(=O)c1cccc2cccc(-c3nc4ccccc4o3)c12)C(=O)Nc1ccc2ccccc2c1. The van der Waals surface area contributed by atoms with Gasteiger partial charge in [0.1, 0.15) is 5.52 Å². The fourth-order valence-corrected chi connectivity index (χ4v) is 4.68. The van der Waals surface area contributed by atoms with E-state index in [0.29, 0.717) is 40.1 Å². The van der Waals surface area contributed by atoms with Crippen LogP contribution in [0.15, 0.2) is 108 Å². The van der Waals surface area contributed by atoms with Gasteiger partial charge in [-0.2, -0.15) is 0 Å². The zero-order chi connectivity index (χ0) is 26.1. The van der Waals surface area contributed by atoms with E-state index < -0.39 is 12.1 Å². The molecule has 0 bridgehead atoms. The fourth-order valence-electron chi connectivity index (χ4n) is 4.68. The number of hydrogen-bond donors (Lipinski definition) is 1. The molecule has 6 rings (SSSR count). The average molecular weight is 501 g/mol. The number of ether oxygens (including phenoxy) is 1. The fraction of sp³-hybridized carbons (Fsp3) is 0.0938. The van der Waals surface area contributed by atoms with Gasteiger partial charge in [0.2, 0.25) is 5.89 Å². The molecule has 1 heterocycles. The first-order valence-corrected chi connectivity index (χ1v) is 12.5. The van der Waals surface area contributed by atoms with E-state index in [4.69, 9.17) is 9.15 Å². The van der Waals surface area contributed by atoms with Gasteiger partial charge in [0.15, 0.2) is 11.7 Å². The molecule has 1 atom stereocenters. The number of anilines is 1. The van der Waals surface area contributed by atoms with Gasteiger partial charge in [-0.05, 0) is 59.0 Å². The number of esters is 1. The van der Waals surface area contributed by atoms with Gasteiger partial charge in [-0.25, -0.2) is 9.78 Å². The van der Waals surface area contributed by atoms with Crippen molar-refractivity contribution in [1.82, 2.24) is 4.98 Å². The molecule has 0 aliphatic carbocycles. The van der Waals surface area contributed by atoms with Crippen molar-refractivity contribution in [2.75, 3.05) is 5.32 Å². The monoisotopic (exact) mass is 500 g/mol. The molecular weight excluding hydrogens is 476 g/mol. The van der Waals surface area contributed by atoms with Crippen molar-refractivity contribution in [3.63, 3.8) is 0 Å². The summed E-state index contributed by atoms with van der Waals surface area (Å²) in [7, 11) is 0. The molecule has 0 radical (unpaired) electrons. The Kier molecular flexibility index (Phi) is 6.06. The summed E-state index contributed by atoms with van der Waals surface area (Å²) in [6.07, 6.45) is -0.630. The molecule has 0 saturated carbocycles. The lowest BCUT2D eigenvalue weighted by molar-refractivity contribution is -0.124. The van der Waals surface area contributed by atoms with Crippen molar-refractivity contribution in [2.45, 2.75) is 19.4 Å². The smallest absolute Gasteiger partial charge is 0.339 e. The Morgan fingerprint density at radius 2 is 1.58 bits per heavy atom. The van der Waals surface area contributed by atoms with Crippen LogP contribution in [0, 0.1) is 0 Å². The number of nitrogens with zero attached hydrogens (tertiary/aromatic N) is 1. The number of oxazole rings is 1. The second-order valence-corrected chi connectivity index (χ2v) is 9.05. The highest BCUT2D eigenvalue weighted by Crippen LogP contribution is 2.33. The normalized spacial score (nSPS) is 12.0. The molecular formula is C32H24N2O4. The highest BCUT2D eigenvalue weighted by atomic mass is 16.5. The lowest BCUT2D eigenvalue weighted by atomic mass is 9.99. The number of para-hydroxylation sites is 2. The van der Waals surface area contributed by atoms with E-state index in [1.165, 1.54) is 0 Å². The molecule has 0 spiro atoms. The van der Waals surface area contributed by atoms with Crippen LogP contribution in [0.4, 0.5) is 5.69 Å². The van der Waals surface area contributed by atoms with Crippen molar-refractivity contribution in [3.05, 3.63) is 109 Å². The lowest BCUT2D eigenvalue weighted by Crippen LogP contribution is -2.32. The van der Waals surface area contributed by atoms with Gasteiger partial charge in [-0.3, -0.25) is 4.79 Å². The average Bonchev–Trinajstić information content (AvgIpc) is 3.39. The number of rotatable bonds is 6. The number of aromatic nitrogens is 1. The number of hydrogen-bond acceptors (Lipinski definition) is 5. The van der Waals surface area contributed by atoms with Crippen LogP contribution >= 0.6 is 0 Å². The highest BCUT2D eigenvalue weighted by Gasteiger charge is 2.25. The van der Waals surface area contributed by atoms with Gasteiger partial charge >= 0.3 is 5.97 Å². The van der Waals surface area contributed by atoms with Gasteiger partial charge in [0.25, 0.3) is 5.91 Å². The molecule has 1 aromatic heterocycles. The van der Waals surface area contributed by atoms with Crippen molar-refractivity contribution in [2.24, 2.45) is 0 Å². The Labute approximate surface area is 218 Å². The first kappa shape index (κ1) is 23.4. The largest absolute Gasteiger partial charge is 0.449 e. The van der Waals surface area contributed by atoms with E-state index >= 15 is 0 Å². The molecule has 1 amide bonds. The van der Waals surface area contributed by atoms with Crippen LogP contribution in [-0.4, -0.2) is 23.0 Å². The summed E-state index contributed by atoms with van der Waals surface area (Å²) in [4.78, 5) is 31.2. The van der Waals surface area contributed by atoms with Gasteiger partial charge in [0, 0.05) is 16.6 Å². The van der Waals surface area contributed by atoms with Gasteiger partial charge < -0.3 is 14.5 Å². The summed E-state index contributed by atoms with van der Waals surface area (Å²) in [5.74, 6) is -0.548. The second kappa shape index (κ2) is 9.82. The molecule has 1 N–H and O–H groups in total. The standard InChI is InChI=1S/C32H24N2O4/c1-2-27(30(35)33-23-18-17-20-9-3-4-10-22(20)19-23)38-32(36)25-14-8-12-21-11-7-13-24(29(21)25)31-34-26-15-5-6-16-28(26)37-31/h3-19,27H,2H2,1H3,(H,33,35). The molecule has 0 saturated heterocycles. The minimum absolute atomic E-state index is 0.327. The maximum Gasteiger partial charge on any atom is 0.339 e. The Hall–Kier alpha value is -4.97. The number of fused-ring (bicyclic) bond motifs is 3. The Balaban J connectivity index is 1.30. The zero-order valence-corrected chi connectivity index (χ0v) is 20.7. The Bertz CT molecular complexity index is 1780. The number of carbonyl (C=O) groups excluding carboxylic acids is 2. The van der Waals surface area contributed by atoms with Crippen LogP contribution in [0.5, 0.6) is 0 Å². The van der Waals surface area contributed by atoms with Crippen molar-refractivity contribution in [1.29, 1.82) is 0 Å². The van der Waals surface area contributed by atoms with Crippen LogP contribution in [0.25, 0.3) is 44.1 Å². The van der Waals surface area contributed by atoms with E-state index in [1.807, 2.05) is 97.9 Å². The zero-order valence-electron chi connectivity index (χ0n) is 20.7. The molecule has 0 aliphatic rings. The summed E-state index contributed by atoms with van der Waals surface area (Å²) in [5, 5.41) is 6.48. The summed E-state index contributed by atoms with van der Waals surface area (Å²) < 4.78 is 11.8. The van der Waals surface area contributed by atoms with Gasteiger partial charge in [-0.1, -0.05) is 73.7 Å². The number of nitrogens with one attached hydrogen (secondary N) is 1. The van der Waals surface area contributed by atoms with Crippen LogP contribution in [0.3, 0.4) is 0 Å². The third-order valence-electron chi connectivity index (χ3n) is 6.58. The maximum atomic E-state index is 13.5. The predicted octanol–water partition coefficient (Wildman–Crippen LogP) is 7.38. The summed E-state index contributed by atoms with van der Waals surface area (Å²) >= 11 is 0. The Morgan fingerprint density at radius 1 is 0.842 bits per heavy atom. The van der Waals surface area contributed by atoms with Crippen LogP contribution < -0.4 is 5.32 Å². The maximum absolute atomic E-state index is 13.5. The van der Waals surface area contributed by atoms with Crippen LogP contribution in [-0.2, 0) is 9.53 Å². The topological polar surface area (TPSA) is 81.4 Å². The van der Waals surface area contributed by atoms with Crippen molar-refractivity contribution in [3.8, 4) is 11.5 Å². The number of amides is 1. The van der Waals surface area contributed by atoms with Crippen LogP contribution in [0.1, 0.15) is 23.7 Å². The van der Waals surface area contributed by atoms with E-state index in [9.17, 15) is 9.59 Å². The third kappa shape index (κ3) is 4.37. The lowest BCUT2D eigenvalue weighted by Gasteiger charge is -2.17. The number of carbonyl (C=O) groups is 2. The van der Waals surface area contributed by atoms with Gasteiger partial charge in [0.05, 0.1) is 5.56 Å². The first-order valence-electron chi connectivity index (χ1n) is 12.5. The molecule has 6 aromatic rings. The third-order valence-corrected chi connectivity index (χ3v) is 6.58. The summed E-state index contributed by atoms with van der Waals surface area (Å²) in [6, 6.07) is 32.2. The molecule has 0 aliphatic heterocycles. The van der Waals surface area contributed by atoms with Crippen molar-refractivity contribution >= 4 is 50.2 Å². The molecule has 1 unspecified atom stereocenters. The minimum atomic E-state index is -0.958. The quantitative estimate of drug-likeness (QED) is 0.241. The predicted molar refractivity (Wildman–Crippen MR) is 149 cm³/mol. The van der Waals surface area contributed by atoms with Crippen LogP contribution in [0.2, 0.25) is 0 Å². The molecule has 6 nitrogen and oxygen atoms in total. The molecule has 5 aromatic carbocycles. The molecule has 186 valence electrons. The Morgan fingerprint density at radius 3 is 2.39 bits per heavy atom. The highest BCUT2D eigenvalue weighted by molar-refractivity contribution is 6.11. The summed E-state index contributed by atoms with van der Waals surface area (Å²) in [6.45, 7) is 1.81. The molecule has 0 fully saturated rings.